The Kier molecular flexibility index (Phi) is 6.76. The molecular weight excluding hydrogens is 488 g/mol. The minimum Gasteiger partial charge on any atom is -0.465 e. The lowest BCUT2D eigenvalue weighted by atomic mass is 9.30. The van der Waals surface area contributed by atoms with Gasteiger partial charge in [0.15, 0.2) is 0 Å². The van der Waals surface area contributed by atoms with Crippen LogP contribution in [0.3, 0.4) is 0 Å². The van der Waals surface area contributed by atoms with E-state index < -0.39 is 5.41 Å². The molecule has 0 heterocycles. The predicted molar refractivity (Wildman–Crippen MR) is 152 cm³/mol. The molecule has 220 valence electrons. The Hall–Kier alpha value is -1.39. The fraction of sp³-hybridized carbons (Fsp3) is 0.912. The molecule has 5 heteroatoms. The van der Waals surface area contributed by atoms with Crippen LogP contribution in [0.5, 0.6) is 0 Å². The van der Waals surface area contributed by atoms with Gasteiger partial charge in [-0.1, -0.05) is 48.5 Å². The Balaban J connectivity index is 1.51. The van der Waals surface area contributed by atoms with Crippen molar-refractivity contribution in [3.8, 4) is 0 Å². The Bertz CT molecular complexity index is 1050. The summed E-state index contributed by atoms with van der Waals surface area (Å²) in [6.45, 7) is 20.4. The van der Waals surface area contributed by atoms with E-state index in [1.54, 1.807) is 0 Å². The van der Waals surface area contributed by atoms with Crippen molar-refractivity contribution < 1.29 is 23.9 Å². The summed E-state index contributed by atoms with van der Waals surface area (Å²) in [4.78, 5) is 36.9. The highest BCUT2D eigenvalue weighted by Crippen LogP contribution is 2.78. The van der Waals surface area contributed by atoms with Crippen LogP contribution in [0, 0.1) is 56.2 Å². The number of fused-ring (bicyclic) bond motifs is 7. The zero-order chi connectivity index (χ0) is 28.8. The lowest BCUT2D eigenvalue weighted by Gasteiger charge is -2.75. The van der Waals surface area contributed by atoms with E-state index >= 15 is 0 Å². The summed E-state index contributed by atoms with van der Waals surface area (Å²) in [6, 6.07) is 0. The fourth-order valence-electron chi connectivity index (χ4n) is 11.9. The van der Waals surface area contributed by atoms with Crippen molar-refractivity contribution in [3.63, 3.8) is 0 Å². The van der Waals surface area contributed by atoms with Crippen molar-refractivity contribution in [2.24, 2.45) is 56.2 Å². The summed E-state index contributed by atoms with van der Waals surface area (Å²) in [5.41, 5.74) is 0.457. The molecule has 0 aliphatic heterocycles. The second-order valence-electron chi connectivity index (χ2n) is 16.4. The normalized spacial score (nSPS) is 52.9. The number of ketones is 1. The van der Waals surface area contributed by atoms with Gasteiger partial charge in [-0.2, -0.15) is 0 Å². The second kappa shape index (κ2) is 9.05. The number of carbonyl (C=O) groups is 3. The molecule has 0 saturated heterocycles. The third kappa shape index (κ3) is 4.01. The highest BCUT2D eigenvalue weighted by molar-refractivity contribution is 5.82. The molecule has 0 unspecified atom stereocenters. The maximum Gasteiger partial charge on any atom is 0.302 e. The van der Waals surface area contributed by atoms with E-state index in [-0.39, 0.29) is 51.0 Å². The fourth-order valence-corrected chi connectivity index (χ4v) is 11.9. The number of Topliss-reactive ketones (excluding diaryl/α,β-unsaturated/α-hetero) is 1. The van der Waals surface area contributed by atoms with E-state index in [0.717, 1.165) is 38.5 Å². The summed E-state index contributed by atoms with van der Waals surface area (Å²) in [5.74, 6) is 1.86. The first kappa shape index (κ1) is 29.1. The maximum absolute atomic E-state index is 12.8. The lowest BCUT2D eigenvalue weighted by molar-refractivity contribution is -0.268. The lowest BCUT2D eigenvalue weighted by Crippen LogP contribution is -2.69. The molecule has 5 saturated carbocycles. The number of hydrogen-bond acceptors (Lipinski definition) is 5. The standard InChI is InChI=1S/C34H54O5/c1-21-24(37)10-11-25-31(21,6)13-12-26-32(25,7)15-17-34(9)27-18-30(5,20-38-22(2)35)28(39-23(3)36)19-29(27,4)14-16-33(26,34)8/h21,25-28H,10-20H2,1-9H3/t21-,25+,26-,27+,28+,29-,30-,31+,32-,33+,34-/m0/s1. The highest BCUT2D eigenvalue weighted by Gasteiger charge is 2.72. The summed E-state index contributed by atoms with van der Waals surface area (Å²) in [5, 5.41) is 0. The third-order valence-corrected chi connectivity index (χ3v) is 14.6. The largest absolute Gasteiger partial charge is 0.465 e. The van der Waals surface area contributed by atoms with Gasteiger partial charge in [0.05, 0.1) is 0 Å². The SMILES string of the molecule is CC(=O)OC[C@]1(C)C[C@@H]2[C@@](C)(CC[C@]3(C)[C@H]4CC[C@@]5(C)[C@@H](CCC(=O)[C@@H]5C)[C@]4(C)CC[C@@]23C)C[C@H]1OC(C)=O. The summed E-state index contributed by atoms with van der Waals surface area (Å²) < 4.78 is 11.6. The Morgan fingerprint density at radius 2 is 1.41 bits per heavy atom. The van der Waals surface area contributed by atoms with Crippen LogP contribution in [-0.2, 0) is 23.9 Å². The molecular formula is C34H54O5. The van der Waals surface area contributed by atoms with Crippen molar-refractivity contribution in [2.45, 2.75) is 133 Å². The molecule has 5 fully saturated rings. The van der Waals surface area contributed by atoms with Crippen molar-refractivity contribution in [3.05, 3.63) is 0 Å². The molecule has 5 rings (SSSR count). The monoisotopic (exact) mass is 542 g/mol. The topological polar surface area (TPSA) is 69.7 Å². The van der Waals surface area contributed by atoms with Gasteiger partial charge in [-0.15, -0.1) is 0 Å². The Morgan fingerprint density at radius 1 is 0.769 bits per heavy atom. The van der Waals surface area contributed by atoms with E-state index in [0.29, 0.717) is 30.1 Å². The minimum absolute atomic E-state index is 0.0901. The molecule has 0 aromatic heterocycles. The van der Waals surface area contributed by atoms with E-state index in [9.17, 15) is 14.4 Å². The Labute approximate surface area is 236 Å². The summed E-state index contributed by atoms with van der Waals surface area (Å²) in [6.07, 6.45) is 10.5. The summed E-state index contributed by atoms with van der Waals surface area (Å²) in [7, 11) is 0. The zero-order valence-corrected chi connectivity index (χ0v) is 26.2. The van der Waals surface area contributed by atoms with Crippen LogP contribution in [0.4, 0.5) is 0 Å². The molecule has 5 aliphatic carbocycles. The van der Waals surface area contributed by atoms with Crippen LogP contribution in [0.2, 0.25) is 0 Å². The average molecular weight is 543 g/mol. The van der Waals surface area contributed by atoms with Gasteiger partial charge in [0.25, 0.3) is 0 Å². The molecule has 0 aromatic carbocycles. The molecule has 0 spiro atoms. The first-order chi connectivity index (χ1) is 18.0. The number of esters is 2. The average Bonchev–Trinajstić information content (AvgIpc) is 2.84. The number of carbonyl (C=O) groups excluding carboxylic acids is 3. The van der Waals surface area contributed by atoms with Crippen LogP contribution in [0.15, 0.2) is 0 Å². The number of hydrogen-bond donors (Lipinski definition) is 0. The molecule has 39 heavy (non-hydrogen) atoms. The summed E-state index contributed by atoms with van der Waals surface area (Å²) >= 11 is 0. The van der Waals surface area contributed by atoms with Gasteiger partial charge in [-0.3, -0.25) is 14.4 Å². The maximum atomic E-state index is 12.8. The quantitative estimate of drug-likeness (QED) is 0.345. The molecule has 0 N–H and O–H groups in total. The number of ether oxygens (including phenoxy) is 2. The molecule has 5 aliphatic rings. The first-order valence-electron chi connectivity index (χ1n) is 15.8. The van der Waals surface area contributed by atoms with Crippen LogP contribution < -0.4 is 0 Å². The van der Waals surface area contributed by atoms with Crippen LogP contribution in [0.25, 0.3) is 0 Å². The van der Waals surface area contributed by atoms with Gasteiger partial charge in [-0.05, 0) is 103 Å². The van der Waals surface area contributed by atoms with E-state index in [1.807, 2.05) is 0 Å². The highest BCUT2D eigenvalue weighted by atomic mass is 16.6. The predicted octanol–water partition coefficient (Wildman–Crippen LogP) is 7.54. The van der Waals surface area contributed by atoms with E-state index in [2.05, 4.69) is 48.5 Å². The first-order valence-corrected chi connectivity index (χ1v) is 15.8. The van der Waals surface area contributed by atoms with Gasteiger partial charge in [0, 0.05) is 31.6 Å². The van der Waals surface area contributed by atoms with Gasteiger partial charge in [0.2, 0.25) is 0 Å². The van der Waals surface area contributed by atoms with Crippen LogP contribution in [-0.4, -0.2) is 30.4 Å². The van der Waals surface area contributed by atoms with Crippen molar-refractivity contribution >= 4 is 17.7 Å². The molecule has 0 radical (unpaired) electrons. The third-order valence-electron chi connectivity index (χ3n) is 14.6. The van der Waals surface area contributed by atoms with E-state index in [1.165, 1.54) is 39.5 Å². The van der Waals surface area contributed by atoms with Crippen molar-refractivity contribution in [1.29, 1.82) is 0 Å². The Morgan fingerprint density at radius 3 is 2.05 bits per heavy atom. The van der Waals surface area contributed by atoms with Gasteiger partial charge < -0.3 is 9.47 Å². The molecule has 0 aromatic rings. The van der Waals surface area contributed by atoms with Gasteiger partial charge in [0.1, 0.15) is 18.5 Å². The van der Waals surface area contributed by atoms with Crippen LogP contribution >= 0.6 is 0 Å². The molecule has 11 atom stereocenters. The zero-order valence-electron chi connectivity index (χ0n) is 26.2. The van der Waals surface area contributed by atoms with Crippen LogP contribution in [0.1, 0.15) is 127 Å². The molecule has 5 nitrogen and oxygen atoms in total. The second-order valence-corrected chi connectivity index (χ2v) is 16.4. The van der Waals surface area contributed by atoms with Gasteiger partial charge in [-0.25, -0.2) is 0 Å². The van der Waals surface area contributed by atoms with Crippen molar-refractivity contribution in [1.82, 2.24) is 0 Å². The minimum atomic E-state index is -0.395. The smallest absolute Gasteiger partial charge is 0.302 e. The molecule has 0 amide bonds. The van der Waals surface area contributed by atoms with E-state index in [4.69, 9.17) is 9.47 Å². The number of rotatable bonds is 3. The molecule has 0 bridgehead atoms. The van der Waals surface area contributed by atoms with Gasteiger partial charge >= 0.3 is 11.9 Å². The van der Waals surface area contributed by atoms with Crippen molar-refractivity contribution in [2.75, 3.05) is 6.61 Å².